The molecule has 1 N–H and O–H groups in total. The fraction of sp³-hybridized carbons (Fsp3) is 0.348. The van der Waals surface area contributed by atoms with Crippen LogP contribution in [0.15, 0.2) is 53.4 Å². The van der Waals surface area contributed by atoms with Gasteiger partial charge in [0.05, 0.1) is 12.7 Å². The summed E-state index contributed by atoms with van der Waals surface area (Å²) in [6.07, 6.45) is -0.257. The molecule has 0 unspecified atom stereocenters. The van der Waals surface area contributed by atoms with Crippen LogP contribution in [0.3, 0.4) is 0 Å². The molecule has 0 saturated carbocycles. The lowest BCUT2D eigenvalue weighted by Crippen LogP contribution is -2.48. The smallest absolute Gasteiger partial charge is 0.269 e. The zero-order valence-electron chi connectivity index (χ0n) is 18.8. The first-order valence-electron chi connectivity index (χ1n) is 10.6. The molecule has 0 saturated heterocycles. The largest absolute Gasteiger partial charge is 0.497 e. The Bertz CT molecular complexity index is 1160. The molecule has 10 heteroatoms. The Kier molecular flexibility index (Phi) is 7.37. The number of methoxy groups -OCH3 is 1. The number of fused-ring (bicyclic) bond motifs is 1. The Morgan fingerprint density at radius 2 is 1.88 bits per heavy atom. The van der Waals surface area contributed by atoms with Crippen LogP contribution < -0.4 is 10.1 Å². The summed E-state index contributed by atoms with van der Waals surface area (Å²) in [7, 11) is -2.48. The van der Waals surface area contributed by atoms with E-state index in [4.69, 9.17) is 4.74 Å². The van der Waals surface area contributed by atoms with E-state index in [1.165, 1.54) is 24.1 Å². The topological polar surface area (TPSA) is 113 Å². The number of sulfonamides is 1. The van der Waals surface area contributed by atoms with Crippen molar-refractivity contribution in [2.75, 3.05) is 20.2 Å². The predicted octanol–water partition coefficient (Wildman–Crippen LogP) is 1.78. The molecular formula is C23H27N3O6S. The number of rotatable bonds is 9. The lowest BCUT2D eigenvalue weighted by Gasteiger charge is -2.29. The van der Waals surface area contributed by atoms with E-state index in [1.807, 2.05) is 0 Å². The normalized spacial score (nSPS) is 15.0. The first-order valence-corrected chi connectivity index (χ1v) is 12.0. The van der Waals surface area contributed by atoms with Crippen LogP contribution in [-0.2, 0) is 26.2 Å². The number of carbonyl (C=O) groups is 3. The van der Waals surface area contributed by atoms with E-state index < -0.39 is 27.9 Å². The highest BCUT2D eigenvalue weighted by molar-refractivity contribution is 7.90. The second-order valence-electron chi connectivity index (χ2n) is 7.57. The molecule has 0 fully saturated rings. The number of ether oxygens (including phenoxy) is 1. The van der Waals surface area contributed by atoms with Gasteiger partial charge < -0.3 is 15.0 Å². The van der Waals surface area contributed by atoms with E-state index in [0.29, 0.717) is 12.3 Å². The zero-order valence-corrected chi connectivity index (χ0v) is 19.6. The molecule has 1 atom stereocenters. The molecule has 2 aromatic carbocycles. The van der Waals surface area contributed by atoms with Crippen molar-refractivity contribution in [1.29, 1.82) is 0 Å². The van der Waals surface area contributed by atoms with E-state index in [9.17, 15) is 22.8 Å². The van der Waals surface area contributed by atoms with Gasteiger partial charge in [-0.1, -0.05) is 24.3 Å². The second-order valence-corrected chi connectivity index (χ2v) is 9.40. The van der Waals surface area contributed by atoms with Crippen LogP contribution in [0.2, 0.25) is 0 Å². The number of amides is 3. The standard InChI is InChI=1S/C23H27N3O6S/c1-4-24-22(28)16(2)25(15-17-8-7-9-18(14-17)32-3)21(27)12-13-26-23(29)19-10-5-6-11-20(19)33(26,30)31/h5-11,14,16H,4,12-13,15H2,1-3H3,(H,24,28)/t16-/m1/s1. The fourth-order valence-electron chi connectivity index (χ4n) is 3.67. The molecule has 0 radical (unpaired) electrons. The molecule has 0 aliphatic carbocycles. The molecule has 3 amide bonds. The number of hydrogen-bond acceptors (Lipinski definition) is 6. The molecule has 176 valence electrons. The van der Waals surface area contributed by atoms with Gasteiger partial charge in [-0.25, -0.2) is 12.7 Å². The maximum absolute atomic E-state index is 13.2. The van der Waals surface area contributed by atoms with Gasteiger partial charge in [-0.15, -0.1) is 0 Å². The molecule has 1 aliphatic rings. The monoisotopic (exact) mass is 473 g/mol. The summed E-state index contributed by atoms with van der Waals surface area (Å²) in [4.78, 5) is 39.6. The maximum Gasteiger partial charge on any atom is 0.269 e. The third-order valence-corrected chi connectivity index (χ3v) is 7.29. The summed E-state index contributed by atoms with van der Waals surface area (Å²) in [5.41, 5.74) is 0.838. The quantitative estimate of drug-likeness (QED) is 0.594. The molecular weight excluding hydrogens is 446 g/mol. The fourth-order valence-corrected chi connectivity index (χ4v) is 5.23. The summed E-state index contributed by atoms with van der Waals surface area (Å²) in [5.74, 6) is -0.826. The number of carbonyl (C=O) groups excluding carboxylic acids is 3. The average molecular weight is 474 g/mol. The van der Waals surface area contributed by atoms with Crippen molar-refractivity contribution in [3.8, 4) is 5.75 Å². The number of nitrogens with zero attached hydrogens (tertiary/aromatic N) is 2. The lowest BCUT2D eigenvalue weighted by molar-refractivity contribution is -0.140. The summed E-state index contributed by atoms with van der Waals surface area (Å²) in [6, 6.07) is 12.3. The van der Waals surface area contributed by atoms with Crippen LogP contribution >= 0.6 is 0 Å². The summed E-state index contributed by atoms with van der Waals surface area (Å²) < 4.78 is 31.5. The molecule has 1 heterocycles. The third kappa shape index (κ3) is 5.00. The third-order valence-electron chi connectivity index (χ3n) is 5.45. The van der Waals surface area contributed by atoms with Crippen LogP contribution in [0, 0.1) is 0 Å². The highest BCUT2D eigenvalue weighted by Crippen LogP contribution is 2.30. The van der Waals surface area contributed by atoms with E-state index in [-0.39, 0.29) is 35.9 Å². The minimum atomic E-state index is -4.01. The van der Waals surface area contributed by atoms with Crippen molar-refractivity contribution >= 4 is 27.7 Å². The predicted molar refractivity (Wildman–Crippen MR) is 121 cm³/mol. The van der Waals surface area contributed by atoms with Crippen LogP contribution in [0.1, 0.15) is 36.2 Å². The highest BCUT2D eigenvalue weighted by atomic mass is 32.2. The van der Waals surface area contributed by atoms with Gasteiger partial charge in [0.25, 0.3) is 15.9 Å². The number of nitrogens with one attached hydrogen (secondary N) is 1. The molecule has 0 aromatic heterocycles. The zero-order chi connectivity index (χ0) is 24.2. The van der Waals surface area contributed by atoms with Gasteiger partial charge >= 0.3 is 0 Å². The Morgan fingerprint density at radius 1 is 1.15 bits per heavy atom. The van der Waals surface area contributed by atoms with Gasteiger partial charge in [0.1, 0.15) is 16.7 Å². The van der Waals surface area contributed by atoms with Crippen molar-refractivity contribution in [1.82, 2.24) is 14.5 Å². The van der Waals surface area contributed by atoms with E-state index >= 15 is 0 Å². The van der Waals surface area contributed by atoms with E-state index in [2.05, 4.69) is 5.32 Å². The van der Waals surface area contributed by atoms with Gasteiger partial charge in [-0.3, -0.25) is 14.4 Å². The molecule has 0 spiro atoms. The minimum Gasteiger partial charge on any atom is -0.497 e. The van der Waals surface area contributed by atoms with Gasteiger partial charge in [-0.05, 0) is 43.7 Å². The van der Waals surface area contributed by atoms with Crippen LogP contribution in [-0.4, -0.2) is 61.6 Å². The number of likely N-dealkylation sites (N-methyl/N-ethyl adjacent to an activating group) is 1. The van der Waals surface area contributed by atoms with E-state index in [1.54, 1.807) is 50.2 Å². The molecule has 1 aliphatic heterocycles. The van der Waals surface area contributed by atoms with Gasteiger partial charge in [-0.2, -0.15) is 0 Å². The van der Waals surface area contributed by atoms with Crippen LogP contribution in [0.25, 0.3) is 0 Å². The molecule has 2 aromatic rings. The van der Waals surface area contributed by atoms with Crippen molar-refractivity contribution < 1.29 is 27.5 Å². The Hall–Kier alpha value is -3.40. The van der Waals surface area contributed by atoms with Gasteiger partial charge in [0.2, 0.25) is 11.8 Å². The summed E-state index contributed by atoms with van der Waals surface area (Å²) in [5, 5.41) is 2.70. The summed E-state index contributed by atoms with van der Waals surface area (Å²) >= 11 is 0. The number of hydrogen-bond donors (Lipinski definition) is 1. The van der Waals surface area contributed by atoms with Crippen LogP contribution in [0.4, 0.5) is 0 Å². The SMILES string of the molecule is CCNC(=O)[C@@H](C)N(Cc1cccc(OC)c1)C(=O)CCN1C(=O)c2ccccc2S1(=O)=O. The molecule has 0 bridgehead atoms. The highest BCUT2D eigenvalue weighted by Gasteiger charge is 2.41. The molecule has 33 heavy (non-hydrogen) atoms. The van der Waals surface area contributed by atoms with Crippen molar-refractivity contribution in [3.05, 3.63) is 59.7 Å². The average Bonchev–Trinajstić information content (AvgIpc) is 3.01. The Morgan fingerprint density at radius 3 is 2.55 bits per heavy atom. The lowest BCUT2D eigenvalue weighted by atomic mass is 10.1. The molecule has 3 rings (SSSR count). The van der Waals surface area contributed by atoms with Gasteiger partial charge in [0.15, 0.2) is 0 Å². The first kappa shape index (κ1) is 24.2. The second kappa shape index (κ2) is 10.0. The van der Waals surface area contributed by atoms with Gasteiger partial charge in [0, 0.05) is 26.1 Å². The van der Waals surface area contributed by atoms with Crippen molar-refractivity contribution in [2.24, 2.45) is 0 Å². The maximum atomic E-state index is 13.2. The van der Waals surface area contributed by atoms with Crippen molar-refractivity contribution in [3.63, 3.8) is 0 Å². The van der Waals surface area contributed by atoms with Crippen LogP contribution in [0.5, 0.6) is 5.75 Å². The Balaban J connectivity index is 1.80. The number of benzene rings is 2. The minimum absolute atomic E-state index is 0.0635. The first-order chi connectivity index (χ1) is 15.7. The molecule has 9 nitrogen and oxygen atoms in total. The van der Waals surface area contributed by atoms with Crippen molar-refractivity contribution in [2.45, 2.75) is 37.8 Å². The van der Waals surface area contributed by atoms with E-state index in [0.717, 1.165) is 9.87 Å². The Labute approximate surface area is 193 Å². The summed E-state index contributed by atoms with van der Waals surface area (Å²) in [6.45, 7) is 3.60.